The smallest absolute Gasteiger partial charge is 0.184 e. The van der Waals surface area contributed by atoms with Gasteiger partial charge >= 0.3 is 0 Å². The Morgan fingerprint density at radius 1 is 1.48 bits per heavy atom. The van der Waals surface area contributed by atoms with Crippen LogP contribution in [0, 0.1) is 0 Å². The fourth-order valence-corrected chi connectivity index (χ4v) is 3.24. The van der Waals surface area contributed by atoms with E-state index in [-0.39, 0.29) is 5.11 Å². The molecular formula is C13H12ClN5S2. The maximum Gasteiger partial charge on any atom is 0.184 e. The van der Waals surface area contributed by atoms with Crippen molar-refractivity contribution in [3.8, 4) is 11.3 Å². The summed E-state index contributed by atoms with van der Waals surface area (Å²) in [5, 5.41) is 5.89. The van der Waals surface area contributed by atoms with Gasteiger partial charge in [0.05, 0.1) is 17.6 Å². The predicted octanol–water partition coefficient (Wildman–Crippen LogP) is 2.48. The first-order valence-corrected chi connectivity index (χ1v) is 8.00. The molecule has 3 N–H and O–H groups in total. The molecule has 108 valence electrons. The molecule has 21 heavy (non-hydrogen) atoms. The van der Waals surface area contributed by atoms with Crippen molar-refractivity contribution in [3.63, 3.8) is 0 Å². The molecule has 2 aromatic rings. The number of thioether (sulfide) groups is 1. The first-order valence-electron chi connectivity index (χ1n) is 6.23. The average Bonchev–Trinajstić information content (AvgIpc) is 3.01. The average molecular weight is 338 g/mol. The Morgan fingerprint density at radius 3 is 2.95 bits per heavy atom. The van der Waals surface area contributed by atoms with Crippen LogP contribution in [0.5, 0.6) is 0 Å². The second-order valence-electron chi connectivity index (χ2n) is 4.37. The molecule has 0 amide bonds. The van der Waals surface area contributed by atoms with Crippen LogP contribution in [0.4, 0.5) is 0 Å². The molecule has 0 atom stereocenters. The molecule has 3 rings (SSSR count). The lowest BCUT2D eigenvalue weighted by atomic mass is 10.1. The molecule has 0 radical (unpaired) electrons. The molecule has 0 saturated heterocycles. The molecular weight excluding hydrogens is 326 g/mol. The Kier molecular flexibility index (Phi) is 4.14. The van der Waals surface area contributed by atoms with Crippen LogP contribution >= 0.6 is 35.6 Å². The second-order valence-corrected chi connectivity index (χ2v) is 6.31. The molecule has 0 spiro atoms. The van der Waals surface area contributed by atoms with Gasteiger partial charge in [0.25, 0.3) is 0 Å². The van der Waals surface area contributed by atoms with E-state index in [0.29, 0.717) is 5.02 Å². The lowest BCUT2D eigenvalue weighted by Gasteiger charge is -2.03. The van der Waals surface area contributed by atoms with Crippen molar-refractivity contribution < 1.29 is 0 Å². The zero-order chi connectivity index (χ0) is 14.8. The molecule has 5 nitrogen and oxygen atoms in total. The second kappa shape index (κ2) is 6.05. The summed E-state index contributed by atoms with van der Waals surface area (Å²) in [5.74, 6) is 1.02. The number of hydrogen-bond acceptors (Lipinski definition) is 4. The number of rotatable bonds is 3. The van der Waals surface area contributed by atoms with Crippen molar-refractivity contribution in [2.24, 2.45) is 10.8 Å². The van der Waals surface area contributed by atoms with Crippen molar-refractivity contribution in [1.82, 2.24) is 15.0 Å². The van der Waals surface area contributed by atoms with Gasteiger partial charge in [-0.3, -0.25) is 5.43 Å². The minimum Gasteiger partial charge on any atom is -0.375 e. The van der Waals surface area contributed by atoms with Gasteiger partial charge in [-0.15, -0.1) is 0 Å². The summed E-state index contributed by atoms with van der Waals surface area (Å²) in [4.78, 5) is 4.69. The first-order chi connectivity index (χ1) is 10.1. The molecule has 0 unspecified atom stereocenters. The van der Waals surface area contributed by atoms with Crippen molar-refractivity contribution in [1.29, 1.82) is 0 Å². The normalized spacial score (nSPS) is 13.6. The molecule has 1 aliphatic rings. The van der Waals surface area contributed by atoms with Crippen molar-refractivity contribution >= 4 is 46.9 Å². The van der Waals surface area contributed by atoms with Gasteiger partial charge in [0, 0.05) is 22.9 Å². The van der Waals surface area contributed by atoms with E-state index in [1.165, 1.54) is 0 Å². The summed E-state index contributed by atoms with van der Waals surface area (Å²) in [6.45, 7) is 0.912. The van der Waals surface area contributed by atoms with Crippen molar-refractivity contribution in [3.05, 3.63) is 35.0 Å². The zero-order valence-electron chi connectivity index (χ0n) is 10.9. The summed E-state index contributed by atoms with van der Waals surface area (Å²) < 4.78 is 2.14. The van der Waals surface area contributed by atoms with Gasteiger partial charge in [0.2, 0.25) is 0 Å². The van der Waals surface area contributed by atoms with Crippen LogP contribution in [-0.4, -0.2) is 26.6 Å². The molecule has 0 fully saturated rings. The van der Waals surface area contributed by atoms with E-state index in [1.807, 2.05) is 24.3 Å². The van der Waals surface area contributed by atoms with Gasteiger partial charge in [0.1, 0.15) is 0 Å². The molecule has 8 heteroatoms. The zero-order valence-corrected chi connectivity index (χ0v) is 13.3. The third kappa shape index (κ3) is 3.04. The van der Waals surface area contributed by atoms with Crippen molar-refractivity contribution in [2.75, 3.05) is 5.75 Å². The Balaban J connectivity index is 2.02. The third-order valence-electron chi connectivity index (χ3n) is 3.00. The van der Waals surface area contributed by atoms with E-state index in [4.69, 9.17) is 29.6 Å². The minimum atomic E-state index is 0.134. The van der Waals surface area contributed by atoms with E-state index >= 15 is 0 Å². The standard InChI is InChI=1S/C13H12ClN5S2/c14-9-3-1-8(2-4-9)11-10(7-16-18-12(15)20)19-5-6-21-13(19)17-11/h1-4,7H,5-6H2,(H3,15,18,20). The lowest BCUT2D eigenvalue weighted by Crippen LogP contribution is -2.24. The number of thiocarbonyl (C=S) groups is 1. The highest BCUT2D eigenvalue weighted by atomic mass is 35.5. The Hall–Kier alpha value is -1.57. The van der Waals surface area contributed by atoms with Crippen LogP contribution in [-0.2, 0) is 6.54 Å². The first kappa shape index (κ1) is 14.4. The van der Waals surface area contributed by atoms with Gasteiger partial charge in [0.15, 0.2) is 10.3 Å². The largest absolute Gasteiger partial charge is 0.375 e. The highest BCUT2D eigenvalue weighted by Gasteiger charge is 2.21. The number of hydrogen-bond donors (Lipinski definition) is 2. The van der Waals surface area contributed by atoms with Crippen LogP contribution < -0.4 is 11.2 Å². The quantitative estimate of drug-likeness (QED) is 0.511. The molecule has 1 aromatic carbocycles. The summed E-state index contributed by atoms with van der Waals surface area (Å²) in [5.41, 5.74) is 10.8. The van der Waals surface area contributed by atoms with Gasteiger partial charge in [-0.05, 0) is 24.4 Å². The van der Waals surface area contributed by atoms with Crippen molar-refractivity contribution in [2.45, 2.75) is 11.7 Å². The number of nitrogens with two attached hydrogens (primary N) is 1. The molecule has 2 heterocycles. The Morgan fingerprint density at radius 2 is 2.24 bits per heavy atom. The topological polar surface area (TPSA) is 68.2 Å². The van der Waals surface area contributed by atoms with Gasteiger partial charge < -0.3 is 10.3 Å². The van der Waals surface area contributed by atoms with E-state index in [1.54, 1.807) is 18.0 Å². The fourth-order valence-electron chi connectivity index (χ4n) is 2.11. The summed E-state index contributed by atoms with van der Waals surface area (Å²) in [7, 11) is 0. The monoisotopic (exact) mass is 337 g/mol. The van der Waals surface area contributed by atoms with Gasteiger partial charge in [-0.1, -0.05) is 35.5 Å². The lowest BCUT2D eigenvalue weighted by molar-refractivity contribution is 0.715. The molecule has 0 saturated carbocycles. The molecule has 0 aliphatic carbocycles. The molecule has 1 aromatic heterocycles. The SMILES string of the molecule is NC(=S)NN=Cc1c(-c2ccc(Cl)cc2)nc2n1CCS2. The van der Waals surface area contributed by atoms with Crippen LogP contribution in [0.25, 0.3) is 11.3 Å². The number of hydrazone groups is 1. The van der Waals surface area contributed by atoms with Crippen LogP contribution in [0.2, 0.25) is 5.02 Å². The number of benzene rings is 1. The van der Waals surface area contributed by atoms with Crippen LogP contribution in [0.15, 0.2) is 34.5 Å². The molecule has 1 aliphatic heterocycles. The highest BCUT2D eigenvalue weighted by Crippen LogP contribution is 2.32. The van der Waals surface area contributed by atoms with E-state index < -0.39 is 0 Å². The number of nitrogens with zero attached hydrogens (tertiary/aromatic N) is 3. The number of halogens is 1. The highest BCUT2D eigenvalue weighted by molar-refractivity contribution is 7.99. The minimum absolute atomic E-state index is 0.134. The molecule has 0 bridgehead atoms. The number of imidazole rings is 1. The van der Waals surface area contributed by atoms with Crippen LogP contribution in [0.3, 0.4) is 0 Å². The fraction of sp³-hybridized carbons (Fsp3) is 0.154. The summed E-state index contributed by atoms with van der Waals surface area (Å²) >= 11 is 12.4. The number of fused-ring (bicyclic) bond motifs is 1. The maximum absolute atomic E-state index is 5.94. The van der Waals surface area contributed by atoms with Gasteiger partial charge in [-0.25, -0.2) is 4.98 Å². The number of aromatic nitrogens is 2. The summed E-state index contributed by atoms with van der Waals surface area (Å²) in [6, 6.07) is 7.60. The van der Waals surface area contributed by atoms with E-state index in [2.05, 4.69) is 20.1 Å². The third-order valence-corrected chi connectivity index (χ3v) is 4.30. The van der Waals surface area contributed by atoms with Crippen LogP contribution in [0.1, 0.15) is 5.69 Å². The summed E-state index contributed by atoms with van der Waals surface area (Å²) in [6.07, 6.45) is 1.70. The van der Waals surface area contributed by atoms with E-state index in [0.717, 1.165) is 34.4 Å². The number of nitrogens with one attached hydrogen (secondary N) is 1. The maximum atomic E-state index is 5.94. The van der Waals surface area contributed by atoms with E-state index in [9.17, 15) is 0 Å². The predicted molar refractivity (Wildman–Crippen MR) is 90.9 cm³/mol. The Bertz CT molecular complexity index is 708. The van der Waals surface area contributed by atoms with Gasteiger partial charge in [-0.2, -0.15) is 5.10 Å². The Labute approximate surface area is 136 Å².